The van der Waals surface area contributed by atoms with Gasteiger partial charge in [-0.2, -0.15) is 4.98 Å². The molecule has 1 aromatic heterocycles. The standard InChI is InChI=1S/C16H21N3O/c1-4-10-20-16-11-15(18-13(3)19-16)17-12(2)14-8-6-5-7-9-14/h5-9,11-12H,4,10H2,1-3H3,(H,17,18,19). The summed E-state index contributed by atoms with van der Waals surface area (Å²) in [6.07, 6.45) is 0.965. The molecule has 0 amide bonds. The molecule has 4 nitrogen and oxygen atoms in total. The van der Waals surface area contributed by atoms with Crippen LogP contribution < -0.4 is 10.1 Å². The summed E-state index contributed by atoms with van der Waals surface area (Å²) in [5.41, 5.74) is 1.22. The highest BCUT2D eigenvalue weighted by molar-refractivity contribution is 5.41. The molecule has 2 aromatic rings. The zero-order chi connectivity index (χ0) is 14.4. The molecule has 1 aromatic carbocycles. The zero-order valence-electron chi connectivity index (χ0n) is 12.3. The number of anilines is 1. The Morgan fingerprint density at radius 1 is 1.20 bits per heavy atom. The summed E-state index contributed by atoms with van der Waals surface area (Å²) in [4.78, 5) is 8.68. The Morgan fingerprint density at radius 2 is 1.95 bits per heavy atom. The number of rotatable bonds is 6. The van der Waals surface area contributed by atoms with Gasteiger partial charge in [0, 0.05) is 12.1 Å². The molecule has 0 fully saturated rings. The van der Waals surface area contributed by atoms with Crippen LogP contribution in [0.1, 0.15) is 37.7 Å². The quantitative estimate of drug-likeness (QED) is 0.869. The van der Waals surface area contributed by atoms with Crippen LogP contribution >= 0.6 is 0 Å². The fourth-order valence-electron chi connectivity index (χ4n) is 1.94. The van der Waals surface area contributed by atoms with Crippen molar-refractivity contribution in [3.05, 3.63) is 47.8 Å². The number of nitrogens with one attached hydrogen (secondary N) is 1. The smallest absolute Gasteiger partial charge is 0.218 e. The third-order valence-electron chi connectivity index (χ3n) is 2.93. The first-order chi connectivity index (χ1) is 9.69. The maximum Gasteiger partial charge on any atom is 0.218 e. The molecule has 106 valence electrons. The molecule has 1 heterocycles. The predicted octanol–water partition coefficient (Wildman–Crippen LogP) is 3.75. The average Bonchev–Trinajstić information content (AvgIpc) is 2.45. The summed E-state index contributed by atoms with van der Waals surface area (Å²) in [5, 5.41) is 3.38. The van der Waals surface area contributed by atoms with Gasteiger partial charge in [-0.25, -0.2) is 4.98 Å². The largest absolute Gasteiger partial charge is 0.478 e. The van der Waals surface area contributed by atoms with Gasteiger partial charge in [0.05, 0.1) is 6.61 Å². The molecule has 0 bridgehead atoms. The summed E-state index contributed by atoms with van der Waals surface area (Å²) in [5.74, 6) is 2.13. The van der Waals surface area contributed by atoms with Gasteiger partial charge >= 0.3 is 0 Å². The third kappa shape index (κ3) is 3.95. The molecular weight excluding hydrogens is 250 g/mol. The van der Waals surface area contributed by atoms with Crippen molar-refractivity contribution in [2.75, 3.05) is 11.9 Å². The Bertz CT molecular complexity index is 543. The SMILES string of the molecule is CCCOc1cc(NC(C)c2ccccc2)nc(C)n1. The van der Waals surface area contributed by atoms with Crippen molar-refractivity contribution in [2.45, 2.75) is 33.2 Å². The third-order valence-corrected chi connectivity index (χ3v) is 2.93. The van der Waals surface area contributed by atoms with Crippen molar-refractivity contribution in [3.63, 3.8) is 0 Å². The van der Waals surface area contributed by atoms with Crippen molar-refractivity contribution < 1.29 is 4.74 Å². The molecule has 20 heavy (non-hydrogen) atoms. The molecule has 0 saturated carbocycles. The van der Waals surface area contributed by atoms with Gasteiger partial charge in [-0.1, -0.05) is 37.3 Å². The van der Waals surface area contributed by atoms with Gasteiger partial charge in [0.25, 0.3) is 0 Å². The van der Waals surface area contributed by atoms with Crippen LogP contribution in [-0.4, -0.2) is 16.6 Å². The Hall–Kier alpha value is -2.10. The molecular formula is C16H21N3O. The van der Waals surface area contributed by atoms with Gasteiger partial charge in [0.1, 0.15) is 11.6 Å². The van der Waals surface area contributed by atoms with Crippen molar-refractivity contribution in [1.82, 2.24) is 9.97 Å². The number of hydrogen-bond donors (Lipinski definition) is 1. The highest BCUT2D eigenvalue weighted by atomic mass is 16.5. The van der Waals surface area contributed by atoms with E-state index in [1.54, 1.807) is 0 Å². The fourth-order valence-corrected chi connectivity index (χ4v) is 1.94. The number of nitrogens with zero attached hydrogens (tertiary/aromatic N) is 2. The van der Waals surface area contributed by atoms with Crippen LogP contribution in [0.25, 0.3) is 0 Å². The fraction of sp³-hybridized carbons (Fsp3) is 0.375. The molecule has 1 atom stereocenters. The van der Waals surface area contributed by atoms with Crippen molar-refractivity contribution >= 4 is 5.82 Å². The molecule has 4 heteroatoms. The summed E-state index contributed by atoms with van der Waals surface area (Å²) in [7, 11) is 0. The monoisotopic (exact) mass is 271 g/mol. The lowest BCUT2D eigenvalue weighted by Crippen LogP contribution is -2.09. The van der Waals surface area contributed by atoms with Crippen LogP contribution in [0.15, 0.2) is 36.4 Å². The van der Waals surface area contributed by atoms with Gasteiger partial charge in [-0.05, 0) is 25.8 Å². The molecule has 0 saturated heterocycles. The maximum atomic E-state index is 5.57. The summed E-state index contributed by atoms with van der Waals surface area (Å²) in [6, 6.07) is 12.3. The Morgan fingerprint density at radius 3 is 2.65 bits per heavy atom. The van der Waals surface area contributed by atoms with Gasteiger partial charge in [0.15, 0.2) is 0 Å². The summed E-state index contributed by atoms with van der Waals surface area (Å²) < 4.78 is 5.57. The molecule has 2 rings (SSSR count). The van der Waals surface area contributed by atoms with Crippen LogP contribution in [0.4, 0.5) is 5.82 Å². The second kappa shape index (κ2) is 6.89. The van der Waals surface area contributed by atoms with E-state index in [0.29, 0.717) is 18.3 Å². The van der Waals surface area contributed by atoms with Crippen LogP contribution in [-0.2, 0) is 0 Å². The molecule has 0 aliphatic heterocycles. The molecule has 1 unspecified atom stereocenters. The van der Waals surface area contributed by atoms with E-state index >= 15 is 0 Å². The number of benzene rings is 1. The van der Waals surface area contributed by atoms with Crippen molar-refractivity contribution in [3.8, 4) is 5.88 Å². The first kappa shape index (κ1) is 14.3. The van der Waals surface area contributed by atoms with Crippen molar-refractivity contribution in [1.29, 1.82) is 0 Å². The van der Waals surface area contributed by atoms with Gasteiger partial charge in [-0.15, -0.1) is 0 Å². The van der Waals surface area contributed by atoms with E-state index in [-0.39, 0.29) is 6.04 Å². The van der Waals surface area contributed by atoms with Gasteiger partial charge in [-0.3, -0.25) is 0 Å². The lowest BCUT2D eigenvalue weighted by Gasteiger charge is -2.16. The van der Waals surface area contributed by atoms with Crippen molar-refractivity contribution in [2.24, 2.45) is 0 Å². The van der Waals surface area contributed by atoms with E-state index in [1.165, 1.54) is 5.56 Å². The lowest BCUT2D eigenvalue weighted by atomic mass is 10.1. The first-order valence-corrected chi connectivity index (χ1v) is 6.99. The summed E-state index contributed by atoms with van der Waals surface area (Å²) in [6.45, 7) is 6.73. The average molecular weight is 271 g/mol. The number of aryl methyl sites for hydroxylation is 1. The Balaban J connectivity index is 2.10. The van der Waals surface area contributed by atoms with Crippen LogP contribution in [0.2, 0.25) is 0 Å². The van der Waals surface area contributed by atoms with E-state index in [1.807, 2.05) is 31.2 Å². The highest BCUT2D eigenvalue weighted by Gasteiger charge is 2.08. The second-order valence-electron chi connectivity index (χ2n) is 4.76. The van der Waals surface area contributed by atoms with E-state index in [0.717, 1.165) is 12.2 Å². The number of ether oxygens (including phenoxy) is 1. The van der Waals surface area contributed by atoms with Crippen LogP contribution in [0, 0.1) is 6.92 Å². The van der Waals surface area contributed by atoms with E-state index in [2.05, 4.69) is 41.3 Å². The van der Waals surface area contributed by atoms with E-state index < -0.39 is 0 Å². The van der Waals surface area contributed by atoms with Gasteiger partial charge in [0.2, 0.25) is 5.88 Å². The minimum absolute atomic E-state index is 0.185. The van der Waals surface area contributed by atoms with Crippen LogP contribution in [0.3, 0.4) is 0 Å². The topological polar surface area (TPSA) is 47.0 Å². The predicted molar refractivity (Wildman–Crippen MR) is 81.0 cm³/mol. The number of hydrogen-bond acceptors (Lipinski definition) is 4. The van der Waals surface area contributed by atoms with E-state index in [4.69, 9.17) is 4.74 Å². The van der Waals surface area contributed by atoms with Crippen LogP contribution in [0.5, 0.6) is 5.88 Å². The minimum atomic E-state index is 0.185. The summed E-state index contributed by atoms with van der Waals surface area (Å²) >= 11 is 0. The molecule has 0 radical (unpaired) electrons. The van der Waals surface area contributed by atoms with E-state index in [9.17, 15) is 0 Å². The first-order valence-electron chi connectivity index (χ1n) is 6.99. The second-order valence-corrected chi connectivity index (χ2v) is 4.76. The molecule has 0 spiro atoms. The number of aromatic nitrogens is 2. The molecule has 0 aliphatic carbocycles. The Labute approximate surface area is 120 Å². The molecule has 1 N–H and O–H groups in total. The Kier molecular flexibility index (Phi) is 4.93. The lowest BCUT2D eigenvalue weighted by molar-refractivity contribution is 0.304. The minimum Gasteiger partial charge on any atom is -0.478 e. The van der Waals surface area contributed by atoms with Gasteiger partial charge < -0.3 is 10.1 Å². The maximum absolute atomic E-state index is 5.57. The normalized spacial score (nSPS) is 11.9. The molecule has 0 aliphatic rings. The zero-order valence-corrected chi connectivity index (χ0v) is 12.3. The highest BCUT2D eigenvalue weighted by Crippen LogP contribution is 2.20.